The van der Waals surface area contributed by atoms with E-state index >= 15 is 0 Å². The van der Waals surface area contributed by atoms with E-state index < -0.39 is 0 Å². The first-order valence-corrected chi connectivity index (χ1v) is 5.67. The lowest BCUT2D eigenvalue weighted by molar-refractivity contribution is -0.135. The molecule has 88 valence electrons. The van der Waals surface area contributed by atoms with Crippen molar-refractivity contribution in [2.24, 2.45) is 11.7 Å². The van der Waals surface area contributed by atoms with Crippen molar-refractivity contribution in [3.63, 3.8) is 0 Å². The summed E-state index contributed by atoms with van der Waals surface area (Å²) in [5.74, 6) is 0.574. The molecule has 1 amide bonds. The zero-order chi connectivity index (χ0) is 11.4. The van der Waals surface area contributed by atoms with Crippen LogP contribution in [-0.2, 0) is 9.53 Å². The molecule has 0 aromatic carbocycles. The van der Waals surface area contributed by atoms with Crippen LogP contribution in [-0.4, -0.2) is 42.6 Å². The molecule has 0 spiro atoms. The summed E-state index contributed by atoms with van der Waals surface area (Å²) in [4.78, 5) is 13.8. The lowest BCUT2D eigenvalue weighted by Gasteiger charge is -2.36. The number of carbonyl (C=O) groups is 1. The summed E-state index contributed by atoms with van der Waals surface area (Å²) in [7, 11) is 0. The second-order valence-corrected chi connectivity index (χ2v) is 4.52. The average Bonchev–Trinajstić information content (AvgIpc) is 2.39. The number of carbonyl (C=O) groups excluding carboxylic acids is 1. The van der Waals surface area contributed by atoms with Crippen LogP contribution in [0, 0.1) is 5.92 Å². The molecule has 1 fully saturated rings. The zero-order valence-corrected chi connectivity index (χ0v) is 9.90. The number of nitrogens with two attached hydrogens (primary N) is 1. The van der Waals surface area contributed by atoms with Crippen molar-refractivity contribution in [2.75, 3.05) is 19.8 Å². The molecular formula is C11H22N2O2. The average molecular weight is 214 g/mol. The molecule has 2 unspecified atom stereocenters. The van der Waals surface area contributed by atoms with E-state index in [0.29, 0.717) is 32.1 Å². The molecule has 2 N–H and O–H groups in total. The number of amides is 1. The van der Waals surface area contributed by atoms with E-state index in [4.69, 9.17) is 10.5 Å². The van der Waals surface area contributed by atoms with E-state index in [9.17, 15) is 4.79 Å². The molecule has 0 bridgehead atoms. The van der Waals surface area contributed by atoms with Crippen LogP contribution < -0.4 is 5.73 Å². The highest BCUT2D eigenvalue weighted by Gasteiger charge is 2.31. The summed E-state index contributed by atoms with van der Waals surface area (Å²) in [5, 5.41) is 0. The van der Waals surface area contributed by atoms with Gasteiger partial charge in [-0.05, 0) is 12.8 Å². The molecule has 1 saturated heterocycles. The fourth-order valence-electron chi connectivity index (χ4n) is 1.96. The Morgan fingerprint density at radius 3 is 2.73 bits per heavy atom. The van der Waals surface area contributed by atoms with Gasteiger partial charge in [-0.1, -0.05) is 13.8 Å². The molecule has 0 aromatic heterocycles. The van der Waals surface area contributed by atoms with Crippen molar-refractivity contribution < 1.29 is 9.53 Å². The lowest BCUT2D eigenvalue weighted by atomic mass is 10.0. The predicted octanol–water partition coefficient (Wildman–Crippen LogP) is 0.607. The Morgan fingerprint density at radius 1 is 1.53 bits per heavy atom. The number of ether oxygens (including phenoxy) is 1. The van der Waals surface area contributed by atoms with Gasteiger partial charge in [-0.2, -0.15) is 0 Å². The molecule has 1 aliphatic heterocycles. The normalized spacial score (nSPS) is 25.5. The molecule has 15 heavy (non-hydrogen) atoms. The molecule has 4 nitrogen and oxygen atoms in total. The fraction of sp³-hybridized carbons (Fsp3) is 0.909. The van der Waals surface area contributed by atoms with Crippen LogP contribution in [0.4, 0.5) is 0 Å². The first-order chi connectivity index (χ1) is 7.07. The van der Waals surface area contributed by atoms with E-state index in [1.807, 2.05) is 11.8 Å². The van der Waals surface area contributed by atoms with Gasteiger partial charge in [0.15, 0.2) is 0 Å². The van der Waals surface area contributed by atoms with Gasteiger partial charge in [0.1, 0.15) is 0 Å². The molecule has 1 aliphatic rings. The Hall–Kier alpha value is -0.610. The molecule has 4 heteroatoms. The van der Waals surface area contributed by atoms with Gasteiger partial charge in [-0.15, -0.1) is 0 Å². The number of rotatable bonds is 3. The third-order valence-electron chi connectivity index (χ3n) is 2.98. The Labute approximate surface area is 91.8 Å². The second kappa shape index (κ2) is 5.47. The largest absolute Gasteiger partial charge is 0.379 e. The Balaban J connectivity index is 2.83. The van der Waals surface area contributed by atoms with Crippen molar-refractivity contribution in [3.8, 4) is 0 Å². The van der Waals surface area contributed by atoms with Gasteiger partial charge < -0.3 is 15.4 Å². The minimum Gasteiger partial charge on any atom is -0.379 e. The van der Waals surface area contributed by atoms with Gasteiger partial charge in [-0.25, -0.2) is 0 Å². The van der Waals surface area contributed by atoms with Crippen LogP contribution in [0.15, 0.2) is 0 Å². The minimum absolute atomic E-state index is 0.103. The zero-order valence-electron chi connectivity index (χ0n) is 9.90. The molecule has 0 aromatic rings. The molecule has 0 aliphatic carbocycles. The standard InChI is InChI=1S/C11H22N2O2/c1-8(2)10-7-15-5-4-11(14)13(10)9(3)6-12/h8-10H,4-7,12H2,1-3H3. The van der Waals surface area contributed by atoms with Gasteiger partial charge in [0.25, 0.3) is 0 Å². The Bertz CT molecular complexity index is 219. The van der Waals surface area contributed by atoms with Gasteiger partial charge in [-0.3, -0.25) is 4.79 Å². The molecule has 1 heterocycles. The van der Waals surface area contributed by atoms with Gasteiger partial charge in [0.2, 0.25) is 5.91 Å². The summed E-state index contributed by atoms with van der Waals surface area (Å²) < 4.78 is 5.46. The van der Waals surface area contributed by atoms with Crippen molar-refractivity contribution >= 4 is 5.91 Å². The molecular weight excluding hydrogens is 192 g/mol. The number of hydrogen-bond donors (Lipinski definition) is 1. The third kappa shape index (κ3) is 2.92. The van der Waals surface area contributed by atoms with E-state index in [2.05, 4.69) is 13.8 Å². The van der Waals surface area contributed by atoms with Crippen LogP contribution in [0.5, 0.6) is 0 Å². The van der Waals surface area contributed by atoms with Gasteiger partial charge >= 0.3 is 0 Å². The van der Waals surface area contributed by atoms with Crippen LogP contribution in [0.1, 0.15) is 27.2 Å². The van der Waals surface area contributed by atoms with Crippen molar-refractivity contribution in [2.45, 2.75) is 39.3 Å². The van der Waals surface area contributed by atoms with Crippen LogP contribution >= 0.6 is 0 Å². The first-order valence-electron chi connectivity index (χ1n) is 5.67. The van der Waals surface area contributed by atoms with E-state index in [0.717, 1.165) is 0 Å². The summed E-state index contributed by atoms with van der Waals surface area (Å²) in [6, 6.07) is 0.269. The maximum absolute atomic E-state index is 11.9. The van der Waals surface area contributed by atoms with E-state index in [1.54, 1.807) is 0 Å². The van der Waals surface area contributed by atoms with Crippen LogP contribution in [0.3, 0.4) is 0 Å². The maximum atomic E-state index is 11.9. The second-order valence-electron chi connectivity index (χ2n) is 4.52. The fourth-order valence-corrected chi connectivity index (χ4v) is 1.96. The van der Waals surface area contributed by atoms with Gasteiger partial charge in [0, 0.05) is 12.6 Å². The molecule has 1 rings (SSSR count). The van der Waals surface area contributed by atoms with Crippen LogP contribution in [0.25, 0.3) is 0 Å². The van der Waals surface area contributed by atoms with Crippen molar-refractivity contribution in [1.82, 2.24) is 4.90 Å². The Morgan fingerprint density at radius 2 is 2.20 bits per heavy atom. The molecule has 0 radical (unpaired) electrons. The van der Waals surface area contributed by atoms with E-state index in [1.165, 1.54) is 0 Å². The SMILES string of the molecule is CC(C)C1COCCC(=O)N1C(C)CN. The first kappa shape index (κ1) is 12.5. The minimum atomic E-state index is 0.103. The summed E-state index contributed by atoms with van der Waals surface area (Å²) in [5.41, 5.74) is 5.64. The highest BCUT2D eigenvalue weighted by Crippen LogP contribution is 2.18. The van der Waals surface area contributed by atoms with Crippen molar-refractivity contribution in [1.29, 1.82) is 0 Å². The smallest absolute Gasteiger partial charge is 0.225 e. The molecule has 0 saturated carbocycles. The maximum Gasteiger partial charge on any atom is 0.225 e. The van der Waals surface area contributed by atoms with Gasteiger partial charge in [0.05, 0.1) is 25.7 Å². The number of nitrogens with zero attached hydrogens (tertiary/aromatic N) is 1. The third-order valence-corrected chi connectivity index (χ3v) is 2.98. The Kier molecular flexibility index (Phi) is 4.54. The highest BCUT2D eigenvalue weighted by molar-refractivity contribution is 5.77. The van der Waals surface area contributed by atoms with Crippen LogP contribution in [0.2, 0.25) is 0 Å². The summed E-state index contributed by atoms with van der Waals surface area (Å²) in [6.07, 6.45) is 0.480. The quantitative estimate of drug-likeness (QED) is 0.749. The monoisotopic (exact) mass is 214 g/mol. The van der Waals surface area contributed by atoms with E-state index in [-0.39, 0.29) is 18.0 Å². The summed E-state index contributed by atoms with van der Waals surface area (Å²) >= 11 is 0. The topological polar surface area (TPSA) is 55.6 Å². The highest BCUT2D eigenvalue weighted by atomic mass is 16.5. The summed E-state index contributed by atoms with van der Waals surface area (Å²) in [6.45, 7) is 7.91. The predicted molar refractivity (Wildman–Crippen MR) is 59.4 cm³/mol. The molecule has 2 atom stereocenters. The van der Waals surface area contributed by atoms with Crippen molar-refractivity contribution in [3.05, 3.63) is 0 Å². The number of hydrogen-bond acceptors (Lipinski definition) is 3. The lowest BCUT2D eigenvalue weighted by Crippen LogP contribution is -2.51.